The molecule has 0 saturated carbocycles. The van der Waals surface area contributed by atoms with E-state index in [0.717, 1.165) is 5.57 Å². The first-order valence-corrected chi connectivity index (χ1v) is 6.24. The number of hydrogen-bond donors (Lipinski definition) is 2. The summed E-state index contributed by atoms with van der Waals surface area (Å²) in [4.78, 5) is 14.4. The summed E-state index contributed by atoms with van der Waals surface area (Å²) in [5.41, 5.74) is 2.54. The van der Waals surface area contributed by atoms with Gasteiger partial charge in [0.1, 0.15) is 0 Å². The summed E-state index contributed by atoms with van der Waals surface area (Å²) in [5.74, 6) is -0.0929. The van der Waals surface area contributed by atoms with Gasteiger partial charge in [-0.2, -0.15) is 0 Å². The molecule has 0 bridgehead atoms. The third-order valence-corrected chi connectivity index (χ3v) is 2.46. The molecule has 0 aliphatic heterocycles. The monoisotopic (exact) mass is 249 g/mol. The molecule has 0 aromatic carbocycles. The van der Waals surface area contributed by atoms with E-state index in [0.29, 0.717) is 17.0 Å². The molecule has 0 fully saturated rings. The summed E-state index contributed by atoms with van der Waals surface area (Å²) in [6.07, 6.45) is 5.65. The van der Waals surface area contributed by atoms with E-state index in [1.807, 2.05) is 45.9 Å². The largest absolute Gasteiger partial charge is 0.505 e. The fourth-order valence-electron chi connectivity index (χ4n) is 1.75. The van der Waals surface area contributed by atoms with Crippen LogP contribution in [0.2, 0.25) is 0 Å². The van der Waals surface area contributed by atoms with Gasteiger partial charge < -0.3 is 10.1 Å². The van der Waals surface area contributed by atoms with Crippen molar-refractivity contribution in [3.05, 3.63) is 35.2 Å². The van der Waals surface area contributed by atoms with E-state index in [-0.39, 0.29) is 11.5 Å². The first-order valence-electron chi connectivity index (χ1n) is 6.24. The average molecular weight is 249 g/mol. The van der Waals surface area contributed by atoms with Crippen LogP contribution in [0.4, 0.5) is 0 Å². The third kappa shape index (κ3) is 3.36. The van der Waals surface area contributed by atoms with E-state index < -0.39 is 0 Å². The van der Waals surface area contributed by atoms with Crippen LogP contribution in [0.15, 0.2) is 18.2 Å². The molecule has 0 aliphatic rings. The highest BCUT2D eigenvalue weighted by Crippen LogP contribution is 2.31. The number of Topliss-reactive ketones (excluding diaryl/α,β-unsaturated/α-hetero) is 1. The smallest absolute Gasteiger partial charge is 0.165 e. The van der Waals surface area contributed by atoms with Crippen LogP contribution in [0.3, 0.4) is 0 Å². The number of aryl methyl sites for hydroxylation is 1. The van der Waals surface area contributed by atoms with Gasteiger partial charge in [0, 0.05) is 5.69 Å². The van der Waals surface area contributed by atoms with Crippen LogP contribution in [0, 0.1) is 6.92 Å². The van der Waals surface area contributed by atoms with Gasteiger partial charge >= 0.3 is 0 Å². The Morgan fingerprint density at radius 1 is 1.28 bits per heavy atom. The zero-order valence-electron chi connectivity index (χ0n) is 12.1. The summed E-state index contributed by atoms with van der Waals surface area (Å²) in [5, 5.41) is 9.98. The minimum absolute atomic E-state index is 0.0381. The SMILES string of the molecule is C/C=C\C(=C/C)c1[nH]c(C)c(C(C)=O)c1O.CC. The molecule has 1 aromatic heterocycles. The second-order valence-corrected chi connectivity index (χ2v) is 3.65. The van der Waals surface area contributed by atoms with Crippen molar-refractivity contribution in [2.24, 2.45) is 0 Å². The molecule has 100 valence electrons. The number of aromatic amines is 1. The Morgan fingerprint density at radius 3 is 2.17 bits per heavy atom. The maximum absolute atomic E-state index is 11.4. The molecule has 2 N–H and O–H groups in total. The number of hydrogen-bond acceptors (Lipinski definition) is 2. The molecule has 3 nitrogen and oxygen atoms in total. The average Bonchev–Trinajstić information content (AvgIpc) is 2.64. The Bertz CT molecular complexity index is 465. The van der Waals surface area contributed by atoms with Gasteiger partial charge in [0.25, 0.3) is 0 Å². The quantitative estimate of drug-likeness (QED) is 0.622. The first-order chi connectivity index (χ1) is 8.52. The Labute approximate surface area is 109 Å². The molecule has 1 rings (SSSR count). The van der Waals surface area contributed by atoms with Crippen LogP contribution in [0.1, 0.15) is 56.4 Å². The molecule has 0 amide bonds. The highest BCUT2D eigenvalue weighted by atomic mass is 16.3. The standard InChI is InChI=1S/C13H17NO2.C2H6/c1-5-7-10(6-2)12-13(16)11(9(4)15)8(3)14-12;1-2/h5-7,14,16H,1-4H3;1-2H3/b7-5-,10-6+;. The van der Waals surface area contributed by atoms with Crippen molar-refractivity contribution in [2.75, 3.05) is 0 Å². The Kier molecular flexibility index (Phi) is 6.79. The number of carbonyl (C=O) groups excluding carboxylic acids is 1. The van der Waals surface area contributed by atoms with Crippen molar-refractivity contribution in [1.82, 2.24) is 4.98 Å². The first kappa shape index (κ1) is 16.2. The van der Waals surface area contributed by atoms with Gasteiger partial charge in [-0.05, 0) is 33.3 Å². The second kappa shape index (κ2) is 7.54. The lowest BCUT2D eigenvalue weighted by Gasteiger charge is -1.99. The molecule has 3 heteroatoms. The van der Waals surface area contributed by atoms with Crippen molar-refractivity contribution in [1.29, 1.82) is 0 Å². The number of H-pyrrole nitrogens is 1. The fraction of sp³-hybridized carbons (Fsp3) is 0.400. The number of allylic oxidation sites excluding steroid dienone is 4. The summed E-state index contributed by atoms with van der Waals surface area (Å²) >= 11 is 0. The van der Waals surface area contributed by atoms with E-state index in [1.165, 1.54) is 6.92 Å². The normalized spacial score (nSPS) is 11.3. The van der Waals surface area contributed by atoms with Crippen molar-refractivity contribution in [2.45, 2.75) is 41.5 Å². The Morgan fingerprint density at radius 2 is 1.83 bits per heavy atom. The van der Waals surface area contributed by atoms with E-state index in [1.54, 1.807) is 6.92 Å². The van der Waals surface area contributed by atoms with Crippen LogP contribution >= 0.6 is 0 Å². The van der Waals surface area contributed by atoms with Crippen LogP contribution < -0.4 is 0 Å². The molecule has 0 radical (unpaired) electrons. The van der Waals surface area contributed by atoms with Crippen molar-refractivity contribution in [3.8, 4) is 5.75 Å². The minimum atomic E-state index is -0.131. The van der Waals surface area contributed by atoms with Crippen molar-refractivity contribution >= 4 is 11.4 Å². The van der Waals surface area contributed by atoms with Crippen LogP contribution in [-0.4, -0.2) is 15.9 Å². The molecule has 0 spiro atoms. The predicted octanol–water partition coefficient (Wildman–Crippen LogP) is 4.24. The molecule has 0 atom stereocenters. The lowest BCUT2D eigenvalue weighted by Crippen LogP contribution is -1.92. The van der Waals surface area contributed by atoms with Crippen molar-refractivity contribution in [3.63, 3.8) is 0 Å². The maximum Gasteiger partial charge on any atom is 0.165 e. The van der Waals surface area contributed by atoms with E-state index in [4.69, 9.17) is 0 Å². The van der Waals surface area contributed by atoms with Gasteiger partial charge in [0.2, 0.25) is 0 Å². The highest BCUT2D eigenvalue weighted by molar-refractivity contribution is 6.00. The predicted molar refractivity (Wildman–Crippen MR) is 77.0 cm³/mol. The number of carbonyl (C=O) groups is 1. The molecule has 0 unspecified atom stereocenters. The van der Waals surface area contributed by atoms with Crippen LogP contribution in [0.5, 0.6) is 5.75 Å². The molecule has 0 aliphatic carbocycles. The van der Waals surface area contributed by atoms with E-state index in [9.17, 15) is 9.90 Å². The molecular formula is C15H23NO2. The van der Waals surface area contributed by atoms with E-state index in [2.05, 4.69) is 4.98 Å². The van der Waals surface area contributed by atoms with Gasteiger partial charge in [-0.3, -0.25) is 4.79 Å². The van der Waals surface area contributed by atoms with Crippen LogP contribution in [-0.2, 0) is 0 Å². The molecule has 18 heavy (non-hydrogen) atoms. The Hall–Kier alpha value is -1.77. The molecular weight excluding hydrogens is 226 g/mol. The second-order valence-electron chi connectivity index (χ2n) is 3.65. The number of ketones is 1. The summed E-state index contributed by atoms with van der Waals surface area (Å²) in [6, 6.07) is 0. The van der Waals surface area contributed by atoms with Gasteiger partial charge in [-0.25, -0.2) is 0 Å². The van der Waals surface area contributed by atoms with Crippen LogP contribution in [0.25, 0.3) is 5.57 Å². The lowest BCUT2D eigenvalue weighted by molar-refractivity contribution is 0.101. The third-order valence-electron chi connectivity index (χ3n) is 2.46. The lowest BCUT2D eigenvalue weighted by atomic mass is 10.1. The zero-order chi connectivity index (χ0) is 14.3. The minimum Gasteiger partial charge on any atom is -0.505 e. The molecule has 0 saturated heterocycles. The molecule has 1 aromatic rings. The van der Waals surface area contributed by atoms with E-state index >= 15 is 0 Å². The summed E-state index contributed by atoms with van der Waals surface area (Å²) in [6.45, 7) is 11.0. The van der Waals surface area contributed by atoms with Gasteiger partial charge in [-0.1, -0.05) is 32.1 Å². The fourth-order valence-corrected chi connectivity index (χ4v) is 1.75. The Balaban J connectivity index is 0.00000137. The number of aromatic nitrogens is 1. The topological polar surface area (TPSA) is 53.1 Å². The van der Waals surface area contributed by atoms with Gasteiger partial charge in [0.15, 0.2) is 11.5 Å². The highest BCUT2D eigenvalue weighted by Gasteiger charge is 2.18. The van der Waals surface area contributed by atoms with Crippen molar-refractivity contribution < 1.29 is 9.90 Å². The molecule has 1 heterocycles. The maximum atomic E-state index is 11.4. The number of nitrogens with one attached hydrogen (secondary N) is 1. The number of rotatable bonds is 3. The zero-order valence-corrected chi connectivity index (χ0v) is 12.1. The van der Waals surface area contributed by atoms with Gasteiger partial charge in [0.05, 0.1) is 11.3 Å². The van der Waals surface area contributed by atoms with Gasteiger partial charge in [-0.15, -0.1) is 0 Å². The number of aromatic hydroxyl groups is 1. The summed E-state index contributed by atoms with van der Waals surface area (Å²) in [7, 11) is 0. The summed E-state index contributed by atoms with van der Waals surface area (Å²) < 4.78 is 0.